The van der Waals surface area contributed by atoms with Gasteiger partial charge < -0.3 is 14.4 Å². The van der Waals surface area contributed by atoms with E-state index < -0.39 is 0 Å². The number of rotatable bonds is 4. The number of carbonyl (C=O) groups excluding carboxylic acids is 1. The lowest BCUT2D eigenvalue weighted by atomic mass is 9.92. The fraction of sp³-hybridized carbons (Fsp3) is 0.278. The van der Waals surface area contributed by atoms with E-state index in [0.717, 1.165) is 32.8 Å². The number of nitrogens with zero attached hydrogens (tertiary/aromatic N) is 1. The highest BCUT2D eigenvalue weighted by molar-refractivity contribution is 9.10. The molecule has 0 N–H and O–H groups in total. The van der Waals surface area contributed by atoms with Crippen molar-refractivity contribution in [2.45, 2.75) is 12.3 Å². The Morgan fingerprint density at radius 2 is 1.91 bits per heavy atom. The van der Waals surface area contributed by atoms with E-state index in [2.05, 4.69) is 15.9 Å². The van der Waals surface area contributed by atoms with Crippen LogP contribution >= 0.6 is 15.9 Å². The van der Waals surface area contributed by atoms with Crippen LogP contribution in [0.25, 0.3) is 0 Å². The third-order valence-corrected chi connectivity index (χ3v) is 4.76. The molecule has 120 valence electrons. The predicted molar refractivity (Wildman–Crippen MR) is 93.5 cm³/mol. The zero-order valence-corrected chi connectivity index (χ0v) is 14.9. The van der Waals surface area contributed by atoms with Gasteiger partial charge in [0.05, 0.1) is 20.1 Å². The second-order valence-electron chi connectivity index (χ2n) is 5.53. The monoisotopic (exact) mass is 375 g/mol. The quantitative estimate of drug-likeness (QED) is 0.816. The van der Waals surface area contributed by atoms with E-state index in [4.69, 9.17) is 9.47 Å². The average molecular weight is 376 g/mol. The molecule has 1 unspecified atom stereocenters. The Morgan fingerprint density at radius 3 is 2.61 bits per heavy atom. The highest BCUT2D eigenvalue weighted by Gasteiger charge is 2.35. The van der Waals surface area contributed by atoms with Gasteiger partial charge in [0.15, 0.2) is 0 Å². The van der Waals surface area contributed by atoms with Crippen molar-refractivity contribution < 1.29 is 14.3 Å². The zero-order valence-electron chi connectivity index (χ0n) is 13.3. The van der Waals surface area contributed by atoms with Crippen LogP contribution in [-0.2, 0) is 11.2 Å². The van der Waals surface area contributed by atoms with Gasteiger partial charge in [0.1, 0.15) is 11.5 Å². The molecule has 0 spiro atoms. The molecular formula is C18H18BrNO3. The van der Waals surface area contributed by atoms with Gasteiger partial charge in [-0.15, -0.1) is 0 Å². The molecule has 4 nitrogen and oxygen atoms in total. The Kier molecular flexibility index (Phi) is 4.31. The normalized spacial score (nSPS) is 16.4. The number of methoxy groups -OCH3 is 2. The molecule has 0 radical (unpaired) electrons. The molecule has 0 fully saturated rings. The minimum Gasteiger partial charge on any atom is -0.497 e. The highest BCUT2D eigenvalue weighted by Crippen LogP contribution is 2.41. The molecule has 0 bridgehead atoms. The molecule has 1 atom stereocenters. The molecule has 23 heavy (non-hydrogen) atoms. The lowest BCUT2D eigenvalue weighted by molar-refractivity contribution is -0.119. The van der Waals surface area contributed by atoms with Crippen LogP contribution in [0.2, 0.25) is 0 Å². The van der Waals surface area contributed by atoms with Crippen LogP contribution in [0.15, 0.2) is 40.9 Å². The van der Waals surface area contributed by atoms with Gasteiger partial charge in [-0.25, -0.2) is 0 Å². The summed E-state index contributed by atoms with van der Waals surface area (Å²) in [5, 5.41) is 0. The van der Waals surface area contributed by atoms with Crippen molar-refractivity contribution in [1.29, 1.82) is 0 Å². The van der Waals surface area contributed by atoms with Gasteiger partial charge in [-0.05, 0) is 53.9 Å². The molecule has 0 saturated heterocycles. The van der Waals surface area contributed by atoms with E-state index >= 15 is 0 Å². The van der Waals surface area contributed by atoms with E-state index in [1.165, 1.54) is 0 Å². The van der Waals surface area contributed by atoms with E-state index in [1.54, 1.807) is 19.1 Å². The minimum atomic E-state index is -0.214. The number of halogens is 1. The summed E-state index contributed by atoms with van der Waals surface area (Å²) in [6, 6.07) is 11.6. The summed E-state index contributed by atoms with van der Waals surface area (Å²) < 4.78 is 11.7. The van der Waals surface area contributed by atoms with Crippen LogP contribution in [0.3, 0.4) is 0 Å². The molecular weight excluding hydrogens is 358 g/mol. The maximum Gasteiger partial charge on any atom is 0.234 e. The van der Waals surface area contributed by atoms with Gasteiger partial charge in [0, 0.05) is 17.2 Å². The summed E-state index contributed by atoms with van der Waals surface area (Å²) in [5.74, 6) is 1.41. The lowest BCUT2D eigenvalue weighted by Crippen LogP contribution is -2.25. The second-order valence-corrected chi connectivity index (χ2v) is 6.45. The van der Waals surface area contributed by atoms with Crippen molar-refractivity contribution >= 4 is 27.5 Å². The van der Waals surface area contributed by atoms with Crippen molar-refractivity contribution in [3.8, 4) is 11.5 Å². The van der Waals surface area contributed by atoms with Crippen LogP contribution in [0.1, 0.15) is 17.0 Å². The number of anilines is 1. The molecule has 5 heteroatoms. The molecule has 0 saturated carbocycles. The first-order valence-corrected chi connectivity index (χ1v) is 8.12. The van der Waals surface area contributed by atoms with Crippen LogP contribution in [-0.4, -0.2) is 27.2 Å². The fourth-order valence-electron chi connectivity index (χ4n) is 3.05. The Hall–Kier alpha value is -2.01. The molecule has 2 aromatic carbocycles. The summed E-state index contributed by atoms with van der Waals surface area (Å²) in [6.07, 6.45) is 0.576. The third-order valence-electron chi connectivity index (χ3n) is 4.27. The van der Waals surface area contributed by atoms with Crippen molar-refractivity contribution in [2.75, 3.05) is 26.2 Å². The van der Waals surface area contributed by atoms with E-state index in [-0.39, 0.29) is 11.8 Å². The molecule has 1 heterocycles. The topological polar surface area (TPSA) is 38.8 Å². The average Bonchev–Trinajstić information content (AvgIpc) is 2.79. The minimum absolute atomic E-state index is 0.1000. The first-order valence-electron chi connectivity index (χ1n) is 7.33. The summed E-state index contributed by atoms with van der Waals surface area (Å²) in [5.41, 5.74) is 2.97. The SMILES string of the molecule is COc1ccc(OC)c(CC2C(=O)N(C)c3ccc(Br)cc32)c1. The first-order chi connectivity index (χ1) is 11.0. The molecule has 1 aliphatic rings. The van der Waals surface area contributed by atoms with E-state index in [9.17, 15) is 4.79 Å². The largest absolute Gasteiger partial charge is 0.497 e. The predicted octanol–water partition coefficient (Wildman–Crippen LogP) is 3.77. The van der Waals surface area contributed by atoms with Gasteiger partial charge in [-0.3, -0.25) is 4.79 Å². The number of benzene rings is 2. The Labute approximate surface area is 144 Å². The van der Waals surface area contributed by atoms with Gasteiger partial charge in [0.2, 0.25) is 5.91 Å². The van der Waals surface area contributed by atoms with Crippen LogP contribution in [0.5, 0.6) is 11.5 Å². The first kappa shape index (κ1) is 15.9. The number of fused-ring (bicyclic) bond motifs is 1. The van der Waals surface area contributed by atoms with Crippen molar-refractivity contribution in [1.82, 2.24) is 0 Å². The number of hydrogen-bond acceptors (Lipinski definition) is 3. The van der Waals surface area contributed by atoms with Crippen molar-refractivity contribution in [2.24, 2.45) is 0 Å². The van der Waals surface area contributed by atoms with Crippen molar-refractivity contribution in [3.63, 3.8) is 0 Å². The van der Waals surface area contributed by atoms with Crippen molar-refractivity contribution in [3.05, 3.63) is 52.0 Å². The highest BCUT2D eigenvalue weighted by atomic mass is 79.9. The standard InChI is InChI=1S/C18H18BrNO3/c1-20-16-6-4-12(19)10-14(16)15(18(20)21)9-11-8-13(22-2)5-7-17(11)23-3/h4-8,10,15H,9H2,1-3H3. The summed E-state index contributed by atoms with van der Waals surface area (Å²) in [7, 11) is 5.09. The summed E-state index contributed by atoms with van der Waals surface area (Å²) in [6.45, 7) is 0. The van der Waals surface area contributed by atoms with E-state index in [0.29, 0.717) is 6.42 Å². The molecule has 3 rings (SSSR count). The van der Waals surface area contributed by atoms with Crippen LogP contribution in [0, 0.1) is 0 Å². The molecule has 0 aliphatic carbocycles. The van der Waals surface area contributed by atoms with Crippen LogP contribution in [0.4, 0.5) is 5.69 Å². The maximum atomic E-state index is 12.7. The Morgan fingerprint density at radius 1 is 1.13 bits per heavy atom. The molecule has 0 aromatic heterocycles. The number of hydrogen-bond donors (Lipinski definition) is 0. The summed E-state index contributed by atoms with van der Waals surface area (Å²) >= 11 is 3.49. The Bertz CT molecular complexity index is 760. The summed E-state index contributed by atoms with van der Waals surface area (Å²) in [4.78, 5) is 14.4. The number of amides is 1. The molecule has 2 aromatic rings. The smallest absolute Gasteiger partial charge is 0.234 e. The van der Waals surface area contributed by atoms with Gasteiger partial charge in [-0.2, -0.15) is 0 Å². The maximum absolute atomic E-state index is 12.7. The number of carbonyl (C=O) groups is 1. The molecule has 1 amide bonds. The fourth-order valence-corrected chi connectivity index (χ4v) is 3.43. The van der Waals surface area contributed by atoms with Gasteiger partial charge in [-0.1, -0.05) is 15.9 Å². The lowest BCUT2D eigenvalue weighted by Gasteiger charge is -2.14. The van der Waals surface area contributed by atoms with E-state index in [1.807, 2.05) is 43.4 Å². The second kappa shape index (κ2) is 6.24. The third kappa shape index (κ3) is 2.81. The van der Waals surface area contributed by atoms with Crippen LogP contribution < -0.4 is 14.4 Å². The Balaban J connectivity index is 2.01. The number of ether oxygens (including phenoxy) is 2. The van der Waals surface area contributed by atoms with Gasteiger partial charge in [0.25, 0.3) is 0 Å². The molecule has 1 aliphatic heterocycles. The van der Waals surface area contributed by atoms with Gasteiger partial charge >= 0.3 is 0 Å². The zero-order chi connectivity index (χ0) is 16.6. The number of likely N-dealkylation sites (N-methyl/N-ethyl adjacent to an activating group) is 1.